The number of nitrogens with zero attached hydrogens (tertiary/aromatic N) is 7. The zero-order valence-corrected chi connectivity index (χ0v) is 20.6. The molecule has 1 aliphatic heterocycles. The molecule has 10 nitrogen and oxygen atoms in total. The third-order valence-electron chi connectivity index (χ3n) is 6.05. The van der Waals surface area contributed by atoms with E-state index in [-0.39, 0.29) is 12.4 Å². The summed E-state index contributed by atoms with van der Waals surface area (Å²) in [5, 5.41) is 11.0. The Hall–Kier alpha value is -4.02. The number of benzene rings is 1. The molecule has 5 aromatic rings. The Morgan fingerprint density at radius 3 is 2.83 bits per heavy atom. The first-order chi connectivity index (χ1) is 17.2. The number of anilines is 3. The second-order valence-electron chi connectivity index (χ2n) is 8.48. The highest BCUT2D eigenvalue weighted by Gasteiger charge is 2.14. The summed E-state index contributed by atoms with van der Waals surface area (Å²) in [5.74, 6) is 3.09. The number of ether oxygens (including phenoxy) is 1. The standard InChI is InChI=1S/C25H25N9O.ClH/c1-17-13-18(3-5-21(17)35-19-7-11-34-23(14-19)28-16-30-34)31-25-24-20(27-15-29-25)4-6-22(32-24)33-10-2-8-26-9-12-33;/h3-7,11,13-16,26H,2,8-10,12H2,1H3,(H,27,29,31);1H. The topological polar surface area (TPSA) is 105 Å². The van der Waals surface area contributed by atoms with Gasteiger partial charge in [0.05, 0.1) is 5.52 Å². The van der Waals surface area contributed by atoms with Crippen LogP contribution in [0.4, 0.5) is 17.3 Å². The summed E-state index contributed by atoms with van der Waals surface area (Å²) in [6.07, 6.45) is 6.00. The monoisotopic (exact) mass is 503 g/mol. The molecule has 0 atom stereocenters. The molecule has 0 radical (unpaired) electrons. The quantitative estimate of drug-likeness (QED) is 0.366. The normalized spacial score (nSPS) is 13.9. The number of aryl methyl sites for hydroxylation is 1. The van der Waals surface area contributed by atoms with E-state index in [2.05, 4.69) is 35.6 Å². The number of hydrogen-bond donors (Lipinski definition) is 2. The Bertz CT molecular complexity index is 1500. The van der Waals surface area contributed by atoms with Gasteiger partial charge in [0, 0.05) is 37.6 Å². The van der Waals surface area contributed by atoms with Gasteiger partial charge in [-0.15, -0.1) is 12.4 Å². The largest absolute Gasteiger partial charge is 0.457 e. The van der Waals surface area contributed by atoms with Crippen LogP contribution in [0.5, 0.6) is 11.5 Å². The van der Waals surface area contributed by atoms with Crippen molar-refractivity contribution in [3.63, 3.8) is 0 Å². The molecular formula is C25H26ClN9O. The summed E-state index contributed by atoms with van der Waals surface area (Å²) in [6.45, 7) is 5.91. The molecule has 1 aliphatic rings. The van der Waals surface area contributed by atoms with Gasteiger partial charge in [-0.05, 0) is 61.9 Å². The van der Waals surface area contributed by atoms with Crippen molar-refractivity contribution in [2.24, 2.45) is 0 Å². The van der Waals surface area contributed by atoms with Crippen LogP contribution < -0.4 is 20.3 Å². The van der Waals surface area contributed by atoms with Crippen molar-refractivity contribution < 1.29 is 4.74 Å². The van der Waals surface area contributed by atoms with E-state index in [1.165, 1.54) is 6.33 Å². The smallest absolute Gasteiger partial charge is 0.160 e. The minimum absolute atomic E-state index is 0. The number of halogens is 1. The number of pyridine rings is 2. The molecule has 5 heterocycles. The molecule has 0 unspecified atom stereocenters. The van der Waals surface area contributed by atoms with Gasteiger partial charge >= 0.3 is 0 Å². The number of nitrogens with one attached hydrogen (secondary N) is 2. The summed E-state index contributed by atoms with van der Waals surface area (Å²) in [5.41, 5.74) is 4.17. The van der Waals surface area contributed by atoms with Crippen molar-refractivity contribution in [1.82, 2.24) is 34.9 Å². The van der Waals surface area contributed by atoms with Crippen LogP contribution in [0.3, 0.4) is 0 Å². The molecule has 11 heteroatoms. The Morgan fingerprint density at radius 1 is 0.972 bits per heavy atom. The van der Waals surface area contributed by atoms with Crippen LogP contribution >= 0.6 is 12.4 Å². The van der Waals surface area contributed by atoms with Crippen LogP contribution in [-0.2, 0) is 0 Å². The fourth-order valence-electron chi connectivity index (χ4n) is 4.24. The van der Waals surface area contributed by atoms with E-state index in [9.17, 15) is 0 Å². The predicted molar refractivity (Wildman–Crippen MR) is 142 cm³/mol. The van der Waals surface area contributed by atoms with Crippen molar-refractivity contribution in [2.75, 3.05) is 36.4 Å². The lowest BCUT2D eigenvalue weighted by Gasteiger charge is -2.21. The van der Waals surface area contributed by atoms with E-state index in [0.717, 1.165) is 72.1 Å². The van der Waals surface area contributed by atoms with Crippen LogP contribution in [-0.4, -0.2) is 55.7 Å². The number of fused-ring (bicyclic) bond motifs is 2. The van der Waals surface area contributed by atoms with Crippen LogP contribution in [0, 0.1) is 6.92 Å². The molecule has 0 amide bonds. The predicted octanol–water partition coefficient (Wildman–Crippen LogP) is 4.13. The molecule has 0 spiro atoms. The molecule has 1 fully saturated rings. The van der Waals surface area contributed by atoms with Gasteiger partial charge in [0.1, 0.15) is 35.5 Å². The van der Waals surface area contributed by atoms with Gasteiger partial charge in [-0.2, -0.15) is 5.10 Å². The van der Waals surface area contributed by atoms with E-state index in [0.29, 0.717) is 11.6 Å². The molecule has 2 N–H and O–H groups in total. The third kappa shape index (κ3) is 4.86. The third-order valence-corrected chi connectivity index (χ3v) is 6.05. The Kier molecular flexibility index (Phi) is 6.79. The van der Waals surface area contributed by atoms with Crippen LogP contribution in [0.25, 0.3) is 16.7 Å². The molecule has 0 bridgehead atoms. The van der Waals surface area contributed by atoms with Crippen molar-refractivity contribution in [3.05, 3.63) is 66.9 Å². The molecular weight excluding hydrogens is 478 g/mol. The lowest BCUT2D eigenvalue weighted by molar-refractivity contribution is 0.478. The molecule has 1 aromatic carbocycles. The molecule has 6 rings (SSSR count). The van der Waals surface area contributed by atoms with E-state index >= 15 is 0 Å². The Labute approximate surface area is 214 Å². The molecule has 0 aliphatic carbocycles. The van der Waals surface area contributed by atoms with Gasteiger partial charge in [0.25, 0.3) is 0 Å². The van der Waals surface area contributed by atoms with Gasteiger partial charge in [-0.3, -0.25) is 0 Å². The average Bonchev–Trinajstić information content (AvgIpc) is 3.17. The summed E-state index contributed by atoms with van der Waals surface area (Å²) >= 11 is 0. The lowest BCUT2D eigenvalue weighted by Crippen LogP contribution is -2.28. The Morgan fingerprint density at radius 2 is 1.92 bits per heavy atom. The number of hydrogen-bond acceptors (Lipinski definition) is 9. The first-order valence-corrected chi connectivity index (χ1v) is 11.7. The minimum atomic E-state index is 0. The fourth-order valence-corrected chi connectivity index (χ4v) is 4.24. The van der Waals surface area contributed by atoms with Crippen molar-refractivity contribution in [2.45, 2.75) is 13.3 Å². The molecule has 36 heavy (non-hydrogen) atoms. The maximum Gasteiger partial charge on any atom is 0.160 e. The van der Waals surface area contributed by atoms with Crippen LogP contribution in [0.15, 0.2) is 61.3 Å². The molecule has 1 saturated heterocycles. The van der Waals surface area contributed by atoms with E-state index in [1.807, 2.05) is 55.6 Å². The zero-order chi connectivity index (χ0) is 23.6. The maximum absolute atomic E-state index is 6.10. The maximum atomic E-state index is 6.10. The van der Waals surface area contributed by atoms with E-state index in [1.54, 1.807) is 10.8 Å². The van der Waals surface area contributed by atoms with E-state index in [4.69, 9.17) is 9.72 Å². The molecule has 4 aromatic heterocycles. The second-order valence-corrected chi connectivity index (χ2v) is 8.48. The first kappa shape index (κ1) is 23.7. The van der Waals surface area contributed by atoms with Crippen molar-refractivity contribution >= 4 is 46.4 Å². The average molecular weight is 504 g/mol. The van der Waals surface area contributed by atoms with Gasteiger partial charge in [0.2, 0.25) is 0 Å². The van der Waals surface area contributed by atoms with Crippen molar-refractivity contribution in [3.8, 4) is 11.5 Å². The SMILES string of the molecule is Cc1cc(Nc2ncnc3ccc(N4CCCNCC4)nc23)ccc1Oc1ccn2ncnc2c1.Cl. The van der Waals surface area contributed by atoms with Crippen LogP contribution in [0.1, 0.15) is 12.0 Å². The summed E-state index contributed by atoms with van der Waals surface area (Å²) < 4.78 is 7.79. The number of aromatic nitrogens is 6. The van der Waals surface area contributed by atoms with E-state index < -0.39 is 0 Å². The zero-order valence-electron chi connectivity index (χ0n) is 19.8. The molecule has 0 saturated carbocycles. The summed E-state index contributed by atoms with van der Waals surface area (Å²) in [4.78, 5) is 20.3. The Balaban J connectivity index is 0.00000267. The lowest BCUT2D eigenvalue weighted by atomic mass is 10.2. The number of rotatable bonds is 5. The first-order valence-electron chi connectivity index (χ1n) is 11.7. The van der Waals surface area contributed by atoms with Gasteiger partial charge < -0.3 is 20.3 Å². The highest BCUT2D eigenvalue weighted by molar-refractivity contribution is 5.88. The summed E-state index contributed by atoms with van der Waals surface area (Å²) in [6, 6.07) is 13.7. The fraction of sp³-hybridized carbons (Fsp3) is 0.240. The van der Waals surface area contributed by atoms with Gasteiger partial charge in [-0.25, -0.2) is 24.5 Å². The molecule has 184 valence electrons. The summed E-state index contributed by atoms with van der Waals surface area (Å²) in [7, 11) is 0. The van der Waals surface area contributed by atoms with Gasteiger partial charge in [0.15, 0.2) is 11.5 Å². The second kappa shape index (κ2) is 10.3. The van der Waals surface area contributed by atoms with Gasteiger partial charge in [-0.1, -0.05) is 0 Å². The van der Waals surface area contributed by atoms with Crippen LogP contribution in [0.2, 0.25) is 0 Å². The minimum Gasteiger partial charge on any atom is -0.457 e. The van der Waals surface area contributed by atoms with Crippen molar-refractivity contribution in [1.29, 1.82) is 0 Å². The highest BCUT2D eigenvalue weighted by Crippen LogP contribution is 2.30. The highest BCUT2D eigenvalue weighted by atomic mass is 35.5.